The number of halogens is 1. The summed E-state index contributed by atoms with van der Waals surface area (Å²) in [6.07, 6.45) is 1.10. The highest BCUT2D eigenvalue weighted by atomic mass is 32.1. The zero-order valence-electron chi connectivity index (χ0n) is 16.0. The van der Waals surface area contributed by atoms with Gasteiger partial charge in [0.2, 0.25) is 0 Å². The molecule has 2 N–H and O–H groups in total. The number of fused-ring (bicyclic) bond motifs is 3. The Kier molecular flexibility index (Phi) is 4.71. The summed E-state index contributed by atoms with van der Waals surface area (Å²) in [5.41, 5.74) is 2.38. The van der Waals surface area contributed by atoms with Crippen molar-refractivity contribution in [3.8, 4) is 16.9 Å². The molecule has 3 nitrogen and oxygen atoms in total. The summed E-state index contributed by atoms with van der Waals surface area (Å²) in [7, 11) is 0. The van der Waals surface area contributed by atoms with Crippen LogP contribution in [0.4, 0.5) is 4.39 Å². The fraction of sp³-hybridized carbons (Fsp3) is 0.261. The third kappa shape index (κ3) is 3.10. The van der Waals surface area contributed by atoms with E-state index in [9.17, 15) is 14.3 Å². The molecule has 1 atom stereocenters. The lowest BCUT2D eigenvalue weighted by Gasteiger charge is -2.16. The van der Waals surface area contributed by atoms with Crippen molar-refractivity contribution >= 4 is 32.3 Å². The average molecular weight is 395 g/mol. The van der Waals surface area contributed by atoms with Crippen molar-refractivity contribution in [1.29, 1.82) is 0 Å². The lowest BCUT2D eigenvalue weighted by molar-refractivity contribution is 0.472. The molecule has 0 saturated heterocycles. The van der Waals surface area contributed by atoms with Gasteiger partial charge < -0.3 is 10.1 Å². The second-order valence-corrected chi connectivity index (χ2v) is 8.69. The van der Waals surface area contributed by atoms with Gasteiger partial charge >= 0.3 is 0 Å². The second-order valence-electron chi connectivity index (χ2n) is 7.77. The molecule has 0 saturated carbocycles. The summed E-state index contributed by atoms with van der Waals surface area (Å²) >= 11 is 1.31. The van der Waals surface area contributed by atoms with Gasteiger partial charge in [0.1, 0.15) is 10.4 Å². The van der Waals surface area contributed by atoms with Crippen molar-refractivity contribution in [2.24, 2.45) is 5.92 Å². The summed E-state index contributed by atoms with van der Waals surface area (Å²) in [6, 6.07) is 10.9. The first kappa shape index (κ1) is 18.7. The molecule has 4 rings (SSSR count). The Bertz CT molecular complexity index is 1220. The Labute approximate surface area is 166 Å². The van der Waals surface area contributed by atoms with Gasteiger partial charge in [-0.15, -0.1) is 11.3 Å². The van der Waals surface area contributed by atoms with Gasteiger partial charge in [0.05, 0.1) is 5.52 Å². The Morgan fingerprint density at radius 3 is 2.54 bits per heavy atom. The van der Waals surface area contributed by atoms with Crippen LogP contribution < -0.4 is 5.56 Å². The van der Waals surface area contributed by atoms with Crippen molar-refractivity contribution in [2.75, 3.05) is 0 Å². The number of aromatic hydroxyl groups is 1. The minimum Gasteiger partial charge on any atom is -0.507 e. The molecule has 28 heavy (non-hydrogen) atoms. The van der Waals surface area contributed by atoms with Gasteiger partial charge in [-0.25, -0.2) is 4.39 Å². The van der Waals surface area contributed by atoms with Crippen molar-refractivity contribution in [2.45, 2.75) is 33.1 Å². The van der Waals surface area contributed by atoms with Crippen LogP contribution in [0.5, 0.6) is 5.75 Å². The SMILES string of the molecule is CC(C)CC(C)c1ccc(-c2c(O)cc(F)c3[nH]c(=O)c4sccc4c23)cc1. The number of rotatable bonds is 4. The number of thiophene rings is 1. The third-order valence-corrected chi connectivity index (χ3v) is 6.14. The van der Waals surface area contributed by atoms with Crippen molar-refractivity contribution in [1.82, 2.24) is 4.98 Å². The van der Waals surface area contributed by atoms with Gasteiger partial charge in [0.15, 0.2) is 5.82 Å². The summed E-state index contributed by atoms with van der Waals surface area (Å²) in [4.78, 5) is 14.9. The lowest BCUT2D eigenvalue weighted by Crippen LogP contribution is -2.06. The minimum atomic E-state index is -0.636. The fourth-order valence-electron chi connectivity index (χ4n) is 3.99. The van der Waals surface area contributed by atoms with E-state index in [2.05, 4.69) is 37.9 Å². The van der Waals surface area contributed by atoms with E-state index in [0.29, 0.717) is 32.9 Å². The Balaban J connectivity index is 1.94. The van der Waals surface area contributed by atoms with E-state index in [1.54, 1.807) is 6.07 Å². The molecule has 0 aliphatic carbocycles. The smallest absolute Gasteiger partial charge is 0.266 e. The van der Waals surface area contributed by atoms with Crippen LogP contribution in [0.15, 0.2) is 46.6 Å². The molecule has 0 bridgehead atoms. The van der Waals surface area contributed by atoms with Gasteiger partial charge in [-0.2, -0.15) is 0 Å². The summed E-state index contributed by atoms with van der Waals surface area (Å²) in [5, 5.41) is 13.6. The van der Waals surface area contributed by atoms with Gasteiger partial charge in [-0.05, 0) is 40.8 Å². The van der Waals surface area contributed by atoms with Gasteiger partial charge in [-0.3, -0.25) is 4.79 Å². The summed E-state index contributed by atoms with van der Waals surface area (Å²) < 4.78 is 15.1. The zero-order valence-corrected chi connectivity index (χ0v) is 16.9. The quantitative estimate of drug-likeness (QED) is 0.420. The van der Waals surface area contributed by atoms with Crippen LogP contribution in [0.3, 0.4) is 0 Å². The molecule has 0 aliphatic rings. The van der Waals surface area contributed by atoms with E-state index in [1.165, 1.54) is 16.9 Å². The number of H-pyrrole nitrogens is 1. The first-order valence-corrected chi connectivity index (χ1v) is 10.3. The maximum absolute atomic E-state index is 14.5. The number of hydrogen-bond donors (Lipinski definition) is 2. The standard InChI is InChI=1S/C23H22FNO2S/c1-12(2)10-13(3)14-4-6-15(7-5-14)19-18(26)11-17(24)21-20(19)16-8-9-28-22(16)23(27)25-21/h4-9,11-13,26H,10H2,1-3H3,(H,25,27). The van der Waals surface area contributed by atoms with Gasteiger partial charge in [0, 0.05) is 22.4 Å². The first-order valence-electron chi connectivity index (χ1n) is 9.41. The van der Waals surface area contributed by atoms with Crippen LogP contribution in [-0.4, -0.2) is 10.1 Å². The van der Waals surface area contributed by atoms with Crippen LogP contribution in [0.25, 0.3) is 32.1 Å². The number of hydrogen-bond acceptors (Lipinski definition) is 3. The third-order valence-electron chi connectivity index (χ3n) is 5.23. The number of pyridine rings is 1. The Morgan fingerprint density at radius 2 is 1.86 bits per heavy atom. The average Bonchev–Trinajstić information content (AvgIpc) is 3.13. The molecule has 2 heterocycles. The first-order chi connectivity index (χ1) is 13.4. The van der Waals surface area contributed by atoms with Crippen molar-refractivity contribution < 1.29 is 9.50 Å². The van der Waals surface area contributed by atoms with E-state index in [0.717, 1.165) is 18.1 Å². The molecule has 1 unspecified atom stereocenters. The number of nitrogens with one attached hydrogen (secondary N) is 1. The molecular weight excluding hydrogens is 373 g/mol. The second kappa shape index (κ2) is 7.06. The van der Waals surface area contributed by atoms with E-state index in [1.807, 2.05) is 17.5 Å². The maximum Gasteiger partial charge on any atom is 0.266 e. The normalized spacial score (nSPS) is 12.9. The molecule has 4 aromatic rings. The van der Waals surface area contributed by atoms with Crippen LogP contribution in [0, 0.1) is 11.7 Å². The molecular formula is C23H22FNO2S. The Morgan fingerprint density at radius 1 is 1.14 bits per heavy atom. The molecule has 0 amide bonds. The number of aromatic amines is 1. The molecule has 0 aliphatic heterocycles. The highest BCUT2D eigenvalue weighted by molar-refractivity contribution is 7.17. The largest absolute Gasteiger partial charge is 0.507 e. The van der Waals surface area contributed by atoms with E-state index in [-0.39, 0.29) is 16.8 Å². The van der Waals surface area contributed by atoms with Crippen molar-refractivity contribution in [3.05, 3.63) is 63.5 Å². The summed E-state index contributed by atoms with van der Waals surface area (Å²) in [5.74, 6) is 0.284. The maximum atomic E-state index is 14.5. The van der Waals surface area contributed by atoms with Gasteiger partial charge in [0.25, 0.3) is 5.56 Å². The number of benzene rings is 2. The molecule has 5 heteroatoms. The molecule has 0 fully saturated rings. The predicted octanol–water partition coefficient (Wildman–Crippen LogP) is 6.40. The van der Waals surface area contributed by atoms with Crippen LogP contribution >= 0.6 is 11.3 Å². The number of phenols is 1. The van der Waals surface area contributed by atoms with Gasteiger partial charge in [-0.1, -0.05) is 45.0 Å². The van der Waals surface area contributed by atoms with Crippen LogP contribution in [-0.2, 0) is 0 Å². The molecule has 2 aromatic carbocycles. The topological polar surface area (TPSA) is 53.1 Å². The Hall–Kier alpha value is -2.66. The molecule has 0 spiro atoms. The zero-order chi connectivity index (χ0) is 20.0. The molecule has 0 radical (unpaired) electrons. The van der Waals surface area contributed by atoms with E-state index >= 15 is 0 Å². The molecule has 144 valence electrons. The minimum absolute atomic E-state index is 0.126. The monoisotopic (exact) mass is 395 g/mol. The van der Waals surface area contributed by atoms with Crippen molar-refractivity contribution in [3.63, 3.8) is 0 Å². The molecule has 2 aromatic heterocycles. The highest BCUT2D eigenvalue weighted by Crippen LogP contribution is 2.41. The van der Waals surface area contributed by atoms with E-state index in [4.69, 9.17) is 0 Å². The van der Waals surface area contributed by atoms with E-state index < -0.39 is 5.82 Å². The lowest BCUT2D eigenvalue weighted by atomic mass is 9.90. The fourth-order valence-corrected chi connectivity index (χ4v) is 4.79. The number of phenolic OH excluding ortho intramolecular Hbond substituents is 1. The van der Waals surface area contributed by atoms with Crippen LogP contribution in [0.2, 0.25) is 0 Å². The number of aromatic nitrogens is 1. The summed E-state index contributed by atoms with van der Waals surface area (Å²) in [6.45, 7) is 6.63. The highest BCUT2D eigenvalue weighted by Gasteiger charge is 2.19. The van der Waals surface area contributed by atoms with Crippen LogP contribution in [0.1, 0.15) is 38.7 Å². The predicted molar refractivity (Wildman–Crippen MR) is 115 cm³/mol.